The standard InChI is InChI=1S/C20H29N3O4S2/c1-8-27-15(24)9-23(20(5,6)7)19(26)13(4)28-10-14-21-17(25)16-11(2)12(3)29-18(16)22-14/h13H,8-10H2,1-7H3,(H,21,22,25). The maximum Gasteiger partial charge on any atom is 0.325 e. The number of nitrogens with zero attached hydrogens (tertiary/aromatic N) is 2. The van der Waals surface area contributed by atoms with Crippen molar-refractivity contribution < 1.29 is 14.3 Å². The van der Waals surface area contributed by atoms with Crippen molar-refractivity contribution in [3.05, 3.63) is 26.6 Å². The minimum Gasteiger partial charge on any atom is -0.465 e. The average Bonchev–Trinajstić information content (AvgIpc) is 2.90. The van der Waals surface area contributed by atoms with Crippen molar-refractivity contribution in [2.24, 2.45) is 0 Å². The maximum atomic E-state index is 13.0. The van der Waals surface area contributed by atoms with Crippen molar-refractivity contribution in [2.45, 2.75) is 65.0 Å². The number of hydrogen-bond donors (Lipinski definition) is 1. The number of thiophene rings is 1. The third-order valence-electron chi connectivity index (χ3n) is 4.57. The third-order valence-corrected chi connectivity index (χ3v) is 6.82. The van der Waals surface area contributed by atoms with Gasteiger partial charge in [-0.1, -0.05) is 0 Å². The lowest BCUT2D eigenvalue weighted by molar-refractivity contribution is -0.151. The van der Waals surface area contributed by atoms with E-state index < -0.39 is 16.8 Å². The Balaban J connectivity index is 2.13. The van der Waals surface area contributed by atoms with E-state index >= 15 is 0 Å². The molecule has 1 amide bonds. The molecule has 7 nitrogen and oxygen atoms in total. The van der Waals surface area contributed by atoms with Crippen LogP contribution < -0.4 is 5.56 Å². The molecule has 9 heteroatoms. The SMILES string of the molecule is CCOC(=O)CN(C(=O)C(C)SCc1nc2sc(C)c(C)c2c(=O)[nH]1)C(C)(C)C. The summed E-state index contributed by atoms with van der Waals surface area (Å²) in [7, 11) is 0. The Kier molecular flexibility index (Phi) is 7.50. The van der Waals surface area contributed by atoms with E-state index in [9.17, 15) is 14.4 Å². The molecule has 29 heavy (non-hydrogen) atoms. The third kappa shape index (κ3) is 5.60. The minimum absolute atomic E-state index is 0.0874. The number of amides is 1. The van der Waals surface area contributed by atoms with Crippen molar-refractivity contribution in [2.75, 3.05) is 13.2 Å². The molecule has 0 bridgehead atoms. The number of nitrogens with one attached hydrogen (secondary N) is 1. The Hall–Kier alpha value is -1.87. The van der Waals surface area contributed by atoms with Gasteiger partial charge in [0.15, 0.2) is 0 Å². The summed E-state index contributed by atoms with van der Waals surface area (Å²) in [6.45, 7) is 13.3. The highest BCUT2D eigenvalue weighted by Gasteiger charge is 2.32. The van der Waals surface area contributed by atoms with Gasteiger partial charge in [-0.05, 0) is 54.0 Å². The van der Waals surface area contributed by atoms with Gasteiger partial charge in [-0.15, -0.1) is 23.1 Å². The summed E-state index contributed by atoms with van der Waals surface area (Å²) in [5.74, 6) is 0.363. The van der Waals surface area contributed by atoms with Gasteiger partial charge >= 0.3 is 5.97 Å². The van der Waals surface area contributed by atoms with Crippen LogP contribution in [0.3, 0.4) is 0 Å². The molecule has 160 valence electrons. The molecule has 0 fully saturated rings. The predicted molar refractivity (Wildman–Crippen MR) is 119 cm³/mol. The first-order valence-corrected chi connectivity index (χ1v) is 11.4. The van der Waals surface area contributed by atoms with Crippen LogP contribution in [0.25, 0.3) is 10.2 Å². The molecule has 0 radical (unpaired) electrons. The molecule has 0 aliphatic heterocycles. The molecule has 0 aliphatic rings. The number of thioether (sulfide) groups is 1. The molecule has 2 aromatic heterocycles. The fourth-order valence-corrected chi connectivity index (χ4v) is 4.71. The minimum atomic E-state index is -0.518. The van der Waals surface area contributed by atoms with E-state index in [0.717, 1.165) is 15.3 Å². The quantitative estimate of drug-likeness (QED) is 0.665. The van der Waals surface area contributed by atoms with Crippen LogP contribution in [0.4, 0.5) is 0 Å². The summed E-state index contributed by atoms with van der Waals surface area (Å²) in [6.07, 6.45) is 0. The van der Waals surface area contributed by atoms with Gasteiger partial charge in [-0.25, -0.2) is 4.98 Å². The first kappa shape index (κ1) is 23.4. The molecule has 0 aromatic carbocycles. The Morgan fingerprint density at radius 1 is 1.31 bits per heavy atom. The van der Waals surface area contributed by atoms with Gasteiger partial charge in [0, 0.05) is 10.4 Å². The van der Waals surface area contributed by atoms with Crippen LogP contribution in [0.5, 0.6) is 0 Å². The Morgan fingerprint density at radius 3 is 2.55 bits per heavy atom. The molecule has 2 rings (SSSR count). The van der Waals surface area contributed by atoms with Crippen LogP contribution in [0.1, 0.15) is 50.9 Å². The molecule has 0 saturated carbocycles. The summed E-state index contributed by atoms with van der Waals surface area (Å²) in [5.41, 5.74) is 0.294. The van der Waals surface area contributed by atoms with E-state index in [2.05, 4.69) is 9.97 Å². The van der Waals surface area contributed by atoms with Crippen molar-refractivity contribution in [3.63, 3.8) is 0 Å². The molecule has 0 spiro atoms. The number of aromatic nitrogens is 2. The Morgan fingerprint density at radius 2 is 1.97 bits per heavy atom. The highest BCUT2D eigenvalue weighted by atomic mass is 32.2. The van der Waals surface area contributed by atoms with E-state index in [1.807, 2.05) is 34.6 Å². The number of aromatic amines is 1. The molecule has 1 N–H and O–H groups in total. The summed E-state index contributed by atoms with van der Waals surface area (Å²) in [6, 6.07) is 0. The van der Waals surface area contributed by atoms with Crippen LogP contribution in [-0.4, -0.2) is 50.7 Å². The van der Waals surface area contributed by atoms with Crippen LogP contribution in [0.2, 0.25) is 0 Å². The van der Waals surface area contributed by atoms with Crippen LogP contribution >= 0.6 is 23.1 Å². The molecule has 0 aliphatic carbocycles. The monoisotopic (exact) mass is 439 g/mol. The number of hydrogen-bond acceptors (Lipinski definition) is 7. The predicted octanol–water partition coefficient (Wildman–Crippen LogP) is 3.41. The topological polar surface area (TPSA) is 92.4 Å². The highest BCUT2D eigenvalue weighted by Crippen LogP contribution is 2.27. The van der Waals surface area contributed by atoms with E-state index in [4.69, 9.17) is 4.74 Å². The smallest absolute Gasteiger partial charge is 0.325 e. The van der Waals surface area contributed by atoms with E-state index in [-0.39, 0.29) is 24.6 Å². The average molecular weight is 440 g/mol. The molecular weight excluding hydrogens is 410 g/mol. The van der Waals surface area contributed by atoms with Gasteiger partial charge in [0.2, 0.25) is 5.91 Å². The van der Waals surface area contributed by atoms with E-state index in [0.29, 0.717) is 17.0 Å². The Bertz CT molecular complexity index is 959. The second-order valence-electron chi connectivity index (χ2n) is 7.83. The second-order valence-corrected chi connectivity index (χ2v) is 10.4. The molecular formula is C20H29N3O4S2. The number of carbonyl (C=O) groups excluding carboxylic acids is 2. The lowest BCUT2D eigenvalue weighted by Gasteiger charge is -2.36. The van der Waals surface area contributed by atoms with Crippen LogP contribution in [-0.2, 0) is 20.1 Å². The summed E-state index contributed by atoms with van der Waals surface area (Å²) in [4.78, 5) is 48.0. The fraction of sp³-hybridized carbons (Fsp3) is 0.600. The lowest BCUT2D eigenvalue weighted by Crippen LogP contribution is -2.51. The van der Waals surface area contributed by atoms with Crippen molar-refractivity contribution >= 4 is 45.2 Å². The number of carbonyl (C=O) groups is 2. The molecule has 2 heterocycles. The number of H-pyrrole nitrogens is 1. The van der Waals surface area contributed by atoms with Crippen molar-refractivity contribution in [1.82, 2.24) is 14.9 Å². The van der Waals surface area contributed by atoms with Crippen molar-refractivity contribution in [1.29, 1.82) is 0 Å². The zero-order chi connectivity index (χ0) is 21.9. The first-order chi connectivity index (χ1) is 13.5. The fourth-order valence-electron chi connectivity index (χ4n) is 2.84. The van der Waals surface area contributed by atoms with Crippen molar-refractivity contribution in [3.8, 4) is 0 Å². The number of fused-ring (bicyclic) bond motifs is 1. The Labute approximate surface area is 179 Å². The van der Waals surface area contributed by atoms with Gasteiger partial charge in [-0.3, -0.25) is 14.4 Å². The van der Waals surface area contributed by atoms with E-state index in [1.54, 1.807) is 13.8 Å². The second kappa shape index (κ2) is 9.30. The maximum absolute atomic E-state index is 13.0. The largest absolute Gasteiger partial charge is 0.465 e. The molecule has 2 aromatic rings. The number of esters is 1. The van der Waals surface area contributed by atoms with E-state index in [1.165, 1.54) is 28.0 Å². The lowest BCUT2D eigenvalue weighted by atomic mass is 10.1. The van der Waals surface area contributed by atoms with Gasteiger partial charge in [0.05, 0.1) is 23.0 Å². The number of aryl methyl sites for hydroxylation is 2. The number of ether oxygens (including phenoxy) is 1. The number of rotatable bonds is 7. The molecule has 0 saturated heterocycles. The molecule has 1 atom stereocenters. The summed E-state index contributed by atoms with van der Waals surface area (Å²) >= 11 is 2.88. The van der Waals surface area contributed by atoms with Gasteiger partial charge in [0.1, 0.15) is 17.2 Å². The van der Waals surface area contributed by atoms with Crippen LogP contribution in [0, 0.1) is 13.8 Å². The zero-order valence-electron chi connectivity index (χ0n) is 18.0. The summed E-state index contributed by atoms with van der Waals surface area (Å²) < 4.78 is 5.00. The van der Waals surface area contributed by atoms with Gasteiger partial charge < -0.3 is 14.6 Å². The summed E-state index contributed by atoms with van der Waals surface area (Å²) in [5, 5.41) is 0.232. The normalized spacial score (nSPS) is 12.8. The highest BCUT2D eigenvalue weighted by molar-refractivity contribution is 7.99. The first-order valence-electron chi connectivity index (χ1n) is 9.53. The van der Waals surface area contributed by atoms with Crippen LogP contribution in [0.15, 0.2) is 4.79 Å². The zero-order valence-corrected chi connectivity index (χ0v) is 19.7. The molecule has 1 unspecified atom stereocenters. The van der Waals surface area contributed by atoms with Gasteiger partial charge in [0.25, 0.3) is 5.56 Å². The van der Waals surface area contributed by atoms with Gasteiger partial charge in [-0.2, -0.15) is 0 Å².